The average molecular weight is 279 g/mol. The number of benzene rings is 1. The molecule has 0 aliphatic rings. The van der Waals surface area contributed by atoms with Gasteiger partial charge in [-0.05, 0) is 53.4 Å². The zero-order valence-corrected chi connectivity index (χ0v) is 10.7. The van der Waals surface area contributed by atoms with Crippen molar-refractivity contribution >= 4 is 39.6 Å². The van der Waals surface area contributed by atoms with E-state index in [1.807, 2.05) is 25.1 Å². The van der Waals surface area contributed by atoms with Gasteiger partial charge in [0.15, 0.2) is 0 Å². The number of hydrogen-bond acceptors (Lipinski definition) is 3. The zero-order chi connectivity index (χ0) is 11.7. The highest BCUT2D eigenvalue weighted by Gasteiger charge is 2.06. The van der Waals surface area contributed by atoms with Crippen LogP contribution in [-0.2, 0) is 0 Å². The molecule has 0 aliphatic heterocycles. The van der Waals surface area contributed by atoms with Crippen molar-refractivity contribution in [3.63, 3.8) is 0 Å². The number of fused-ring (bicyclic) bond motifs is 1. The van der Waals surface area contributed by atoms with Gasteiger partial charge in [-0.25, -0.2) is 0 Å². The average Bonchev–Trinajstić information content (AvgIpc) is 2.15. The van der Waals surface area contributed by atoms with E-state index in [2.05, 4.69) is 26.1 Å². The Morgan fingerprint density at radius 2 is 2.12 bits per heavy atom. The molecule has 0 atom stereocenters. The fourth-order valence-corrected chi connectivity index (χ4v) is 2.08. The van der Waals surface area contributed by atoms with Gasteiger partial charge >= 0.3 is 7.05 Å². The van der Waals surface area contributed by atoms with Crippen LogP contribution >= 0.6 is 15.9 Å². The van der Waals surface area contributed by atoms with Crippen LogP contribution in [0.5, 0.6) is 0 Å². The van der Waals surface area contributed by atoms with Gasteiger partial charge in [-0.2, -0.15) is 0 Å². The maximum Gasteiger partial charge on any atom is 0.406 e. The molecule has 0 aliphatic carbocycles. The molecule has 0 saturated heterocycles. The minimum absolute atomic E-state index is 0.558. The summed E-state index contributed by atoms with van der Waals surface area (Å²) in [6.07, 6.45) is 1.79. The van der Waals surface area contributed by atoms with Gasteiger partial charge in [-0.15, -0.1) is 0 Å². The highest BCUT2D eigenvalue weighted by atomic mass is 79.9. The van der Waals surface area contributed by atoms with Crippen molar-refractivity contribution in [1.29, 1.82) is 0 Å². The number of aromatic nitrogens is 1. The Kier molecular flexibility index (Phi) is 3.16. The molecule has 1 aromatic carbocycles. The van der Waals surface area contributed by atoms with Gasteiger partial charge < -0.3 is 10.3 Å². The molecule has 5 heteroatoms. The number of hydrogen-bond donors (Lipinski definition) is 2. The van der Waals surface area contributed by atoms with E-state index in [1.54, 1.807) is 13.0 Å². The summed E-state index contributed by atoms with van der Waals surface area (Å²) < 4.78 is 0.952. The normalized spacial score (nSPS) is 10.5. The van der Waals surface area contributed by atoms with Gasteiger partial charge in [-0.3, -0.25) is 4.98 Å². The summed E-state index contributed by atoms with van der Waals surface area (Å²) in [6, 6.07) is 5.98. The van der Waals surface area contributed by atoms with E-state index in [4.69, 9.17) is 0 Å². The predicted octanol–water partition coefficient (Wildman–Crippen LogP) is 2.83. The summed E-state index contributed by atoms with van der Waals surface area (Å²) in [4.78, 5) is 4.36. The highest BCUT2D eigenvalue weighted by molar-refractivity contribution is 9.10. The Balaban J connectivity index is 2.56. The third-order valence-electron chi connectivity index (χ3n) is 2.32. The Labute approximate surface area is 103 Å². The van der Waals surface area contributed by atoms with E-state index in [1.165, 1.54) is 0 Å². The quantitative estimate of drug-likeness (QED) is 0.831. The number of anilines is 1. The fourth-order valence-electron chi connectivity index (χ4n) is 1.73. The van der Waals surface area contributed by atoms with Crippen molar-refractivity contribution in [3.8, 4) is 0 Å². The van der Waals surface area contributed by atoms with Crippen LogP contribution < -0.4 is 5.23 Å². The van der Waals surface area contributed by atoms with Gasteiger partial charge in [0.05, 0.1) is 5.52 Å². The molecule has 0 amide bonds. The smallest absolute Gasteiger partial charge is 0.406 e. The van der Waals surface area contributed by atoms with Crippen molar-refractivity contribution < 1.29 is 5.02 Å². The van der Waals surface area contributed by atoms with Crippen LogP contribution in [0.1, 0.15) is 5.56 Å². The number of halogens is 1. The molecule has 82 valence electrons. The number of nitrogens with zero attached hydrogens (tertiary/aromatic N) is 1. The summed E-state index contributed by atoms with van der Waals surface area (Å²) in [5, 5.41) is 13.3. The van der Waals surface area contributed by atoms with Crippen LogP contribution in [0.25, 0.3) is 10.9 Å². The van der Waals surface area contributed by atoms with E-state index in [9.17, 15) is 5.02 Å². The lowest BCUT2D eigenvalue weighted by Crippen LogP contribution is -2.19. The molecule has 0 spiro atoms. The third-order valence-corrected chi connectivity index (χ3v) is 2.75. The van der Waals surface area contributed by atoms with Gasteiger partial charge in [0.25, 0.3) is 0 Å². The minimum Gasteiger partial charge on any atom is -0.433 e. The van der Waals surface area contributed by atoms with Crippen molar-refractivity contribution in [2.24, 2.45) is 0 Å². The Hall–Kier alpha value is -1.07. The number of pyridine rings is 1. The van der Waals surface area contributed by atoms with Gasteiger partial charge in [0.1, 0.15) is 0 Å². The van der Waals surface area contributed by atoms with Gasteiger partial charge in [0, 0.05) is 21.7 Å². The van der Waals surface area contributed by atoms with E-state index in [0.29, 0.717) is 0 Å². The van der Waals surface area contributed by atoms with E-state index >= 15 is 0 Å². The SMILES string of the molecule is CB(O)Nc1cc(C)c2ncc(Br)cc2c1. The maximum atomic E-state index is 9.29. The van der Waals surface area contributed by atoms with Crippen molar-refractivity contribution in [3.05, 3.63) is 34.4 Å². The van der Waals surface area contributed by atoms with Crippen LogP contribution in [0.15, 0.2) is 28.9 Å². The lowest BCUT2D eigenvalue weighted by molar-refractivity contribution is 0.587. The first-order valence-corrected chi connectivity index (χ1v) is 5.86. The van der Waals surface area contributed by atoms with Crippen molar-refractivity contribution in [2.45, 2.75) is 13.7 Å². The second-order valence-electron chi connectivity index (χ2n) is 3.84. The first kappa shape index (κ1) is 11.4. The van der Waals surface area contributed by atoms with Crippen LogP contribution in [0.2, 0.25) is 6.82 Å². The topological polar surface area (TPSA) is 45.1 Å². The van der Waals surface area contributed by atoms with E-state index in [-0.39, 0.29) is 0 Å². The molecule has 0 fully saturated rings. The van der Waals surface area contributed by atoms with Crippen LogP contribution in [-0.4, -0.2) is 17.1 Å². The molecule has 3 nitrogen and oxygen atoms in total. The minimum atomic E-state index is -0.558. The molecule has 0 bridgehead atoms. The summed E-state index contributed by atoms with van der Waals surface area (Å²) >= 11 is 3.40. The second kappa shape index (κ2) is 4.43. The number of nitrogens with one attached hydrogen (secondary N) is 1. The van der Waals surface area contributed by atoms with E-state index < -0.39 is 7.05 Å². The Bertz CT molecular complexity index is 531. The van der Waals surface area contributed by atoms with Gasteiger partial charge in [-0.1, -0.05) is 0 Å². The zero-order valence-electron chi connectivity index (χ0n) is 9.16. The first-order valence-electron chi connectivity index (χ1n) is 5.07. The Morgan fingerprint density at radius 1 is 1.38 bits per heavy atom. The third kappa shape index (κ3) is 2.36. The molecule has 1 aromatic heterocycles. The molecule has 0 radical (unpaired) electrons. The molecule has 0 unspecified atom stereocenters. The lowest BCUT2D eigenvalue weighted by atomic mass is 9.88. The summed E-state index contributed by atoms with van der Waals surface area (Å²) in [5.74, 6) is 0. The predicted molar refractivity (Wildman–Crippen MR) is 71.6 cm³/mol. The van der Waals surface area contributed by atoms with Crippen LogP contribution in [0.4, 0.5) is 5.69 Å². The molecule has 2 aromatic rings. The standard InChI is InChI=1S/C11H12BBrN2O/c1-7-3-10(15-12(2)16)5-8-4-9(13)6-14-11(7)8/h3-6,15-16H,1-2H3. The molecule has 0 saturated carbocycles. The second-order valence-corrected chi connectivity index (χ2v) is 4.75. The first-order chi connectivity index (χ1) is 7.56. The summed E-state index contributed by atoms with van der Waals surface area (Å²) in [6.45, 7) is 3.70. The maximum absolute atomic E-state index is 9.29. The lowest BCUT2D eigenvalue weighted by Gasteiger charge is -2.09. The van der Waals surface area contributed by atoms with Crippen LogP contribution in [0, 0.1) is 6.92 Å². The molecule has 1 heterocycles. The fraction of sp³-hybridized carbons (Fsp3) is 0.182. The molecular formula is C11H12BBrN2O. The molecular weight excluding hydrogens is 267 g/mol. The highest BCUT2D eigenvalue weighted by Crippen LogP contribution is 2.24. The van der Waals surface area contributed by atoms with Crippen molar-refractivity contribution in [1.82, 2.24) is 4.98 Å². The summed E-state index contributed by atoms with van der Waals surface area (Å²) in [5.41, 5.74) is 2.98. The van der Waals surface area contributed by atoms with Crippen molar-refractivity contribution in [2.75, 3.05) is 5.23 Å². The largest absolute Gasteiger partial charge is 0.433 e. The molecule has 2 N–H and O–H groups in total. The van der Waals surface area contributed by atoms with E-state index in [0.717, 1.165) is 26.6 Å². The van der Waals surface area contributed by atoms with Crippen LogP contribution in [0.3, 0.4) is 0 Å². The molecule has 2 rings (SSSR count). The Morgan fingerprint density at radius 3 is 2.81 bits per heavy atom. The van der Waals surface area contributed by atoms with Gasteiger partial charge in [0.2, 0.25) is 0 Å². The summed E-state index contributed by atoms with van der Waals surface area (Å²) in [7, 11) is -0.558. The molecule has 16 heavy (non-hydrogen) atoms. The monoisotopic (exact) mass is 278 g/mol. The number of aryl methyl sites for hydroxylation is 1. The number of rotatable bonds is 2.